The van der Waals surface area contributed by atoms with Gasteiger partial charge < -0.3 is 19.6 Å². The summed E-state index contributed by atoms with van der Waals surface area (Å²) in [4.78, 5) is 48.7. The fourth-order valence-corrected chi connectivity index (χ4v) is 3.15. The SMILES string of the molecule is C[C@H](CC(=O)c1nnc(-c2ccccc2)o1)C(=O)N[C@@H](CC(=O)O)C(=O)COc1c(F)c(F)cc(F)c1F. The molecule has 3 aromatic rings. The predicted molar refractivity (Wildman–Crippen MR) is 119 cm³/mol. The lowest BCUT2D eigenvalue weighted by Gasteiger charge is -2.19. The lowest BCUT2D eigenvalue weighted by molar-refractivity contribution is -0.140. The number of nitrogens with one attached hydrogen (secondary N) is 1. The van der Waals surface area contributed by atoms with Gasteiger partial charge in [-0.25, -0.2) is 8.78 Å². The molecule has 0 aliphatic carbocycles. The molecule has 0 unspecified atom stereocenters. The van der Waals surface area contributed by atoms with Crippen molar-refractivity contribution in [3.8, 4) is 17.2 Å². The van der Waals surface area contributed by atoms with Gasteiger partial charge in [0.15, 0.2) is 23.2 Å². The molecule has 0 aliphatic heterocycles. The molecule has 2 atom stereocenters. The number of ketones is 2. The number of carboxylic acids is 1. The Kier molecular flexibility index (Phi) is 8.89. The molecule has 1 heterocycles. The Morgan fingerprint density at radius 3 is 2.24 bits per heavy atom. The van der Waals surface area contributed by atoms with Crippen LogP contribution in [0.15, 0.2) is 40.8 Å². The van der Waals surface area contributed by atoms with Gasteiger partial charge in [-0.15, -0.1) is 10.2 Å². The molecule has 3 rings (SSSR count). The van der Waals surface area contributed by atoms with E-state index in [0.717, 1.165) is 0 Å². The molecule has 14 heteroatoms. The number of aliphatic carboxylic acids is 1. The quantitative estimate of drug-likeness (QED) is 0.202. The van der Waals surface area contributed by atoms with Crippen molar-refractivity contribution in [2.45, 2.75) is 25.8 Å². The lowest BCUT2D eigenvalue weighted by Crippen LogP contribution is -2.46. The van der Waals surface area contributed by atoms with Crippen LogP contribution in [0, 0.1) is 29.2 Å². The highest BCUT2D eigenvalue weighted by Crippen LogP contribution is 2.26. The molecule has 0 saturated heterocycles. The first-order valence-electron chi connectivity index (χ1n) is 10.9. The molecule has 10 nitrogen and oxygen atoms in total. The minimum atomic E-state index is -1.90. The van der Waals surface area contributed by atoms with Crippen molar-refractivity contribution in [2.75, 3.05) is 6.61 Å². The number of hydrogen-bond acceptors (Lipinski definition) is 8. The van der Waals surface area contributed by atoms with E-state index in [-0.39, 0.29) is 17.8 Å². The van der Waals surface area contributed by atoms with E-state index >= 15 is 0 Å². The zero-order valence-electron chi connectivity index (χ0n) is 19.5. The topological polar surface area (TPSA) is 149 Å². The Bertz CT molecular complexity index is 1340. The first kappa shape index (κ1) is 28.0. The summed E-state index contributed by atoms with van der Waals surface area (Å²) in [6.45, 7) is 0.0767. The lowest BCUT2D eigenvalue weighted by atomic mass is 10.0. The number of carbonyl (C=O) groups is 4. The molecular formula is C24H19F4N3O7. The number of amides is 1. The largest absolute Gasteiger partial charge is 0.481 e. The van der Waals surface area contributed by atoms with Crippen LogP contribution in [0.4, 0.5) is 17.6 Å². The maximum Gasteiger partial charge on any atom is 0.305 e. The van der Waals surface area contributed by atoms with Crippen LogP contribution < -0.4 is 10.1 Å². The maximum atomic E-state index is 13.7. The van der Waals surface area contributed by atoms with Gasteiger partial charge in [-0.05, 0) is 12.1 Å². The van der Waals surface area contributed by atoms with Crippen LogP contribution >= 0.6 is 0 Å². The average Bonchev–Trinajstić information content (AvgIpc) is 3.38. The van der Waals surface area contributed by atoms with E-state index < -0.39 is 83.9 Å². The normalized spacial score (nSPS) is 12.4. The van der Waals surface area contributed by atoms with E-state index in [2.05, 4.69) is 20.3 Å². The number of carboxylic acid groups (broad SMARTS) is 1. The predicted octanol–water partition coefficient (Wildman–Crippen LogP) is 3.11. The van der Waals surface area contributed by atoms with E-state index in [0.29, 0.717) is 5.56 Å². The molecule has 0 aliphatic rings. The summed E-state index contributed by atoms with van der Waals surface area (Å²) in [6.07, 6.45) is -1.41. The first-order chi connectivity index (χ1) is 18.0. The highest BCUT2D eigenvalue weighted by Gasteiger charge is 2.29. The standard InChI is InChI=1S/C24H19F4N3O7/c1-11(7-16(32)24-31-30-23(38-24)12-5-3-2-4-6-12)22(36)29-15(9-18(34)35)17(33)10-37-21-19(27)13(25)8-14(26)20(21)28/h2-6,8,11,15H,7,9-10H2,1H3,(H,29,36)(H,34,35)/t11-,15+/m1/s1. The Balaban J connectivity index is 1.63. The summed E-state index contributed by atoms with van der Waals surface area (Å²) < 4.78 is 64.0. The van der Waals surface area contributed by atoms with Gasteiger partial charge in [0.05, 0.1) is 6.42 Å². The number of hydrogen-bond donors (Lipinski definition) is 2. The summed E-state index contributed by atoms with van der Waals surface area (Å²) in [5.74, 6) is -14.6. The Hall–Kier alpha value is -4.62. The average molecular weight is 537 g/mol. The van der Waals surface area contributed by atoms with Gasteiger partial charge >= 0.3 is 5.97 Å². The fourth-order valence-electron chi connectivity index (χ4n) is 3.15. The van der Waals surface area contributed by atoms with Gasteiger partial charge in [-0.2, -0.15) is 8.78 Å². The summed E-state index contributed by atoms with van der Waals surface area (Å²) in [7, 11) is 0. The smallest absolute Gasteiger partial charge is 0.305 e. The van der Waals surface area contributed by atoms with Crippen molar-refractivity contribution in [3.05, 3.63) is 65.6 Å². The minimum absolute atomic E-state index is 0.0632. The second-order valence-electron chi connectivity index (χ2n) is 8.02. The van der Waals surface area contributed by atoms with Crippen LogP contribution in [0.1, 0.15) is 30.5 Å². The highest BCUT2D eigenvalue weighted by atomic mass is 19.2. The van der Waals surface area contributed by atoms with Crippen LogP contribution in [-0.4, -0.2) is 51.4 Å². The van der Waals surface area contributed by atoms with Gasteiger partial charge in [0.25, 0.3) is 5.89 Å². The van der Waals surface area contributed by atoms with Crippen molar-refractivity contribution in [3.63, 3.8) is 0 Å². The number of benzene rings is 2. The molecule has 0 bridgehead atoms. The minimum Gasteiger partial charge on any atom is -0.481 e. The van der Waals surface area contributed by atoms with Gasteiger partial charge in [-0.3, -0.25) is 19.2 Å². The number of carbonyl (C=O) groups excluding carboxylic acids is 3. The van der Waals surface area contributed by atoms with Gasteiger partial charge in [0.2, 0.25) is 29.2 Å². The van der Waals surface area contributed by atoms with Gasteiger partial charge in [-0.1, -0.05) is 25.1 Å². The summed E-state index contributed by atoms with van der Waals surface area (Å²) in [5.41, 5.74) is 0.558. The summed E-state index contributed by atoms with van der Waals surface area (Å²) in [6, 6.07) is 6.73. The molecule has 0 radical (unpaired) electrons. The molecule has 2 N–H and O–H groups in total. The summed E-state index contributed by atoms with van der Waals surface area (Å²) in [5, 5.41) is 18.6. The molecule has 2 aromatic carbocycles. The third kappa shape index (κ3) is 6.78. The number of halogens is 4. The van der Waals surface area contributed by atoms with Crippen LogP contribution in [0.2, 0.25) is 0 Å². The van der Waals surface area contributed by atoms with Crippen molar-refractivity contribution in [2.24, 2.45) is 5.92 Å². The Morgan fingerprint density at radius 1 is 1.00 bits per heavy atom. The van der Waals surface area contributed by atoms with E-state index in [9.17, 15) is 36.7 Å². The highest BCUT2D eigenvalue weighted by molar-refractivity contribution is 5.97. The van der Waals surface area contributed by atoms with Crippen LogP contribution in [0.25, 0.3) is 11.5 Å². The number of ether oxygens (including phenoxy) is 1. The van der Waals surface area contributed by atoms with E-state index in [1.54, 1.807) is 30.3 Å². The number of nitrogens with zero attached hydrogens (tertiary/aromatic N) is 2. The molecule has 1 aromatic heterocycles. The third-order valence-corrected chi connectivity index (χ3v) is 5.14. The fraction of sp³-hybridized carbons (Fsp3) is 0.250. The molecule has 0 spiro atoms. The zero-order chi connectivity index (χ0) is 28.0. The van der Waals surface area contributed by atoms with Gasteiger partial charge in [0.1, 0.15) is 12.6 Å². The second kappa shape index (κ2) is 12.1. The number of Topliss-reactive ketones (excluding diaryl/α,β-unsaturated/α-hetero) is 2. The molecule has 0 saturated carbocycles. The van der Waals surface area contributed by atoms with Crippen molar-refractivity contribution < 1.29 is 51.0 Å². The van der Waals surface area contributed by atoms with E-state index in [4.69, 9.17) is 9.52 Å². The number of rotatable bonds is 12. The molecule has 38 heavy (non-hydrogen) atoms. The van der Waals surface area contributed by atoms with E-state index in [1.807, 2.05) is 0 Å². The van der Waals surface area contributed by atoms with Crippen LogP contribution in [0.5, 0.6) is 5.75 Å². The van der Waals surface area contributed by atoms with Crippen LogP contribution in [0.3, 0.4) is 0 Å². The van der Waals surface area contributed by atoms with Gasteiger partial charge in [0, 0.05) is 24.0 Å². The van der Waals surface area contributed by atoms with Crippen molar-refractivity contribution in [1.29, 1.82) is 0 Å². The molecule has 200 valence electrons. The van der Waals surface area contributed by atoms with Crippen LogP contribution in [-0.2, 0) is 14.4 Å². The Labute approximate surface area is 211 Å². The maximum absolute atomic E-state index is 13.7. The van der Waals surface area contributed by atoms with E-state index in [1.165, 1.54) is 6.92 Å². The van der Waals surface area contributed by atoms with Crippen molar-refractivity contribution >= 4 is 23.4 Å². The van der Waals surface area contributed by atoms with Crippen molar-refractivity contribution in [1.82, 2.24) is 15.5 Å². The summed E-state index contributed by atoms with van der Waals surface area (Å²) >= 11 is 0. The molecule has 1 amide bonds. The Morgan fingerprint density at radius 2 is 1.63 bits per heavy atom. The first-order valence-corrected chi connectivity index (χ1v) is 10.9. The number of aromatic nitrogens is 2. The second-order valence-corrected chi connectivity index (χ2v) is 8.02. The monoisotopic (exact) mass is 537 g/mol. The third-order valence-electron chi connectivity index (χ3n) is 5.14. The zero-order valence-corrected chi connectivity index (χ0v) is 19.5. The molecular weight excluding hydrogens is 518 g/mol. The molecule has 0 fully saturated rings.